The van der Waals surface area contributed by atoms with Crippen molar-refractivity contribution >= 4 is 47.6 Å². The molecule has 1 aliphatic heterocycles. The second-order valence-electron chi connectivity index (χ2n) is 7.55. The van der Waals surface area contributed by atoms with Gasteiger partial charge in [0.15, 0.2) is 5.96 Å². The summed E-state index contributed by atoms with van der Waals surface area (Å²) in [5, 5.41) is 7.74. The van der Waals surface area contributed by atoms with E-state index in [2.05, 4.69) is 26.8 Å². The molecule has 0 aromatic rings. The van der Waals surface area contributed by atoms with Gasteiger partial charge in [0.2, 0.25) is 5.91 Å². The zero-order valence-corrected chi connectivity index (χ0v) is 20.8. The maximum Gasteiger partial charge on any atom is 0.243 e. The molecule has 0 radical (unpaired) electrons. The smallest absolute Gasteiger partial charge is 0.243 e. The van der Waals surface area contributed by atoms with Crippen molar-refractivity contribution in [2.75, 3.05) is 66.3 Å². The number of aliphatic imine (C=N–C) groups is 1. The van der Waals surface area contributed by atoms with Gasteiger partial charge in [-0.05, 0) is 38.5 Å². The molecule has 2 unspecified atom stereocenters. The minimum absolute atomic E-state index is 0. The molecule has 7 nitrogen and oxygen atoms in total. The molecule has 0 aromatic heterocycles. The Kier molecular flexibility index (Phi) is 13.5. The van der Waals surface area contributed by atoms with Gasteiger partial charge in [-0.25, -0.2) is 4.99 Å². The van der Waals surface area contributed by atoms with E-state index >= 15 is 0 Å². The third-order valence-corrected chi connectivity index (χ3v) is 6.31. The van der Waals surface area contributed by atoms with Crippen LogP contribution >= 0.6 is 35.7 Å². The zero-order valence-electron chi connectivity index (χ0n) is 17.6. The number of carbonyl (C=O) groups excluding carboxylic acids is 1. The molecule has 0 spiro atoms. The molecule has 0 aromatic carbocycles. The molecular weight excluding hydrogens is 489 g/mol. The van der Waals surface area contributed by atoms with Gasteiger partial charge >= 0.3 is 0 Å². The Hall–Kier alpha value is -0.260. The van der Waals surface area contributed by atoms with E-state index in [9.17, 15) is 4.79 Å². The Labute approximate surface area is 191 Å². The lowest BCUT2D eigenvalue weighted by atomic mass is 9.95. The van der Waals surface area contributed by atoms with Crippen LogP contribution in [0.15, 0.2) is 4.99 Å². The molecule has 1 saturated carbocycles. The van der Waals surface area contributed by atoms with Crippen molar-refractivity contribution in [3.05, 3.63) is 0 Å². The lowest BCUT2D eigenvalue weighted by Crippen LogP contribution is -2.47. The largest absolute Gasteiger partial charge is 0.379 e. The summed E-state index contributed by atoms with van der Waals surface area (Å²) in [4.78, 5) is 20.5. The second-order valence-corrected chi connectivity index (χ2v) is 8.69. The van der Waals surface area contributed by atoms with Crippen molar-refractivity contribution in [2.24, 2.45) is 4.99 Å². The third kappa shape index (κ3) is 9.98. The molecule has 9 heteroatoms. The predicted molar refractivity (Wildman–Crippen MR) is 129 cm³/mol. The summed E-state index contributed by atoms with van der Waals surface area (Å²) in [7, 11) is 3.54. The highest BCUT2D eigenvalue weighted by Gasteiger charge is 2.22. The van der Waals surface area contributed by atoms with E-state index in [4.69, 9.17) is 4.74 Å². The number of likely N-dealkylation sites (N-methyl/N-ethyl adjacent to an activating group) is 1. The van der Waals surface area contributed by atoms with Crippen LogP contribution in [0.5, 0.6) is 0 Å². The molecule has 0 bridgehead atoms. The monoisotopic (exact) mass is 527 g/mol. The quantitative estimate of drug-likeness (QED) is 0.217. The fourth-order valence-electron chi connectivity index (χ4n) is 3.46. The van der Waals surface area contributed by atoms with Gasteiger partial charge in [0.1, 0.15) is 6.54 Å². The predicted octanol–water partition coefficient (Wildman–Crippen LogP) is 1.62. The molecule has 2 fully saturated rings. The standard InChI is InChI=1S/C19H37N5O2S.HI/c1-23(2)18(25)15-21-19(22-16-6-4-7-17(14-16)27-3)20-8-5-9-24-10-12-26-13-11-24;/h16-17H,4-15H2,1-3H3,(H2,20,21,22);1H. The van der Waals surface area contributed by atoms with E-state index in [-0.39, 0.29) is 36.4 Å². The number of thioether (sulfide) groups is 1. The van der Waals surface area contributed by atoms with Gasteiger partial charge in [-0.1, -0.05) is 6.42 Å². The summed E-state index contributed by atoms with van der Waals surface area (Å²) < 4.78 is 5.40. The number of amides is 1. The van der Waals surface area contributed by atoms with E-state index < -0.39 is 0 Å². The van der Waals surface area contributed by atoms with Gasteiger partial charge < -0.3 is 20.3 Å². The number of halogens is 1. The minimum atomic E-state index is 0. The highest BCUT2D eigenvalue weighted by molar-refractivity contribution is 14.0. The first-order valence-electron chi connectivity index (χ1n) is 10.2. The van der Waals surface area contributed by atoms with Crippen LogP contribution in [0.1, 0.15) is 32.1 Å². The first-order valence-corrected chi connectivity index (χ1v) is 11.4. The van der Waals surface area contributed by atoms with Crippen LogP contribution in [0.3, 0.4) is 0 Å². The summed E-state index contributed by atoms with van der Waals surface area (Å²) in [5.41, 5.74) is 0. The van der Waals surface area contributed by atoms with E-state index in [0.717, 1.165) is 63.4 Å². The number of nitrogens with zero attached hydrogens (tertiary/aromatic N) is 3. The maximum absolute atomic E-state index is 11.9. The summed E-state index contributed by atoms with van der Waals surface area (Å²) in [6, 6.07) is 0.441. The molecule has 2 N–H and O–H groups in total. The maximum atomic E-state index is 11.9. The molecule has 2 atom stereocenters. The highest BCUT2D eigenvalue weighted by atomic mass is 127. The minimum Gasteiger partial charge on any atom is -0.379 e. The summed E-state index contributed by atoms with van der Waals surface area (Å²) in [5.74, 6) is 0.800. The lowest BCUT2D eigenvalue weighted by molar-refractivity contribution is -0.127. The third-order valence-electron chi connectivity index (χ3n) is 5.22. The summed E-state index contributed by atoms with van der Waals surface area (Å²) >= 11 is 1.96. The Morgan fingerprint density at radius 3 is 2.71 bits per heavy atom. The fraction of sp³-hybridized carbons (Fsp3) is 0.895. The van der Waals surface area contributed by atoms with Crippen LogP contribution in [0.25, 0.3) is 0 Å². The normalized spacial score (nSPS) is 23.6. The van der Waals surface area contributed by atoms with Gasteiger partial charge in [0.05, 0.1) is 13.2 Å². The lowest BCUT2D eigenvalue weighted by Gasteiger charge is -2.30. The first kappa shape index (κ1) is 25.8. The van der Waals surface area contributed by atoms with Crippen LogP contribution < -0.4 is 10.6 Å². The number of hydrogen-bond acceptors (Lipinski definition) is 5. The average Bonchev–Trinajstić information content (AvgIpc) is 2.69. The van der Waals surface area contributed by atoms with E-state index in [1.165, 1.54) is 19.3 Å². The van der Waals surface area contributed by atoms with Crippen LogP contribution in [0.4, 0.5) is 0 Å². The van der Waals surface area contributed by atoms with Crippen LogP contribution in [-0.4, -0.2) is 99.2 Å². The highest BCUT2D eigenvalue weighted by Crippen LogP contribution is 2.26. The van der Waals surface area contributed by atoms with Gasteiger partial charge in [-0.15, -0.1) is 24.0 Å². The number of nitrogens with one attached hydrogen (secondary N) is 2. The molecule has 164 valence electrons. The molecule has 1 aliphatic carbocycles. The number of rotatable bonds is 8. The SMILES string of the molecule is CSC1CCCC(NC(=NCC(=O)N(C)C)NCCCN2CCOCC2)C1.I. The van der Waals surface area contributed by atoms with Gasteiger partial charge in [0.25, 0.3) is 0 Å². The molecule has 1 saturated heterocycles. The average molecular weight is 528 g/mol. The van der Waals surface area contributed by atoms with Crippen molar-refractivity contribution in [2.45, 2.75) is 43.4 Å². The second kappa shape index (κ2) is 14.7. The zero-order chi connectivity index (χ0) is 19.5. The number of morpholine rings is 1. The van der Waals surface area contributed by atoms with Gasteiger partial charge in [0, 0.05) is 45.0 Å². The molecular formula is C19H38IN5O2S. The van der Waals surface area contributed by atoms with Crippen molar-refractivity contribution in [1.29, 1.82) is 0 Å². The Morgan fingerprint density at radius 1 is 1.29 bits per heavy atom. The topological polar surface area (TPSA) is 69.2 Å². The van der Waals surface area contributed by atoms with Crippen LogP contribution in [-0.2, 0) is 9.53 Å². The van der Waals surface area contributed by atoms with Crippen molar-refractivity contribution in [3.63, 3.8) is 0 Å². The van der Waals surface area contributed by atoms with Crippen LogP contribution in [0, 0.1) is 0 Å². The van der Waals surface area contributed by atoms with Crippen molar-refractivity contribution in [1.82, 2.24) is 20.4 Å². The molecule has 2 rings (SSSR count). The van der Waals surface area contributed by atoms with Crippen LogP contribution in [0.2, 0.25) is 0 Å². The van der Waals surface area contributed by atoms with Crippen molar-refractivity contribution < 1.29 is 9.53 Å². The molecule has 1 amide bonds. The van der Waals surface area contributed by atoms with Gasteiger partial charge in [-0.3, -0.25) is 9.69 Å². The van der Waals surface area contributed by atoms with E-state index in [1.807, 2.05) is 11.8 Å². The molecule has 1 heterocycles. The fourth-order valence-corrected chi connectivity index (χ4v) is 4.29. The van der Waals surface area contributed by atoms with E-state index in [0.29, 0.717) is 6.04 Å². The number of carbonyl (C=O) groups is 1. The summed E-state index contributed by atoms with van der Waals surface area (Å²) in [6.45, 7) is 5.84. The Morgan fingerprint density at radius 2 is 2.04 bits per heavy atom. The number of hydrogen-bond donors (Lipinski definition) is 2. The first-order chi connectivity index (χ1) is 13.1. The Bertz CT molecular complexity index is 475. The number of ether oxygens (including phenoxy) is 1. The molecule has 28 heavy (non-hydrogen) atoms. The Balaban J connectivity index is 0.00000392. The van der Waals surface area contributed by atoms with E-state index in [1.54, 1.807) is 19.0 Å². The summed E-state index contributed by atoms with van der Waals surface area (Å²) in [6.07, 6.45) is 8.15. The number of guanidine groups is 1. The van der Waals surface area contributed by atoms with Crippen molar-refractivity contribution in [3.8, 4) is 0 Å². The molecule has 2 aliphatic rings. The van der Waals surface area contributed by atoms with Gasteiger partial charge in [-0.2, -0.15) is 11.8 Å².